The first-order valence-corrected chi connectivity index (χ1v) is 10.6. The molecule has 3 aliphatic heterocycles. The molecule has 3 fully saturated rings. The van der Waals surface area contributed by atoms with Crippen LogP contribution in [0.5, 0.6) is 0 Å². The molecule has 4 heterocycles. The van der Waals surface area contributed by atoms with Gasteiger partial charge in [-0.15, -0.1) is 0 Å². The minimum absolute atomic E-state index is 0.0136. The number of ether oxygens (including phenoxy) is 2. The molecule has 0 bridgehead atoms. The predicted molar refractivity (Wildman–Crippen MR) is 105 cm³/mol. The van der Waals surface area contributed by atoms with Gasteiger partial charge in [0.25, 0.3) is 5.91 Å². The monoisotopic (exact) mass is 460 g/mol. The molecular formula is C20H27F3N4O5. The minimum atomic E-state index is -5.08. The molecule has 3 aliphatic rings. The van der Waals surface area contributed by atoms with Gasteiger partial charge >= 0.3 is 12.1 Å². The normalized spacial score (nSPS) is 26.5. The van der Waals surface area contributed by atoms with E-state index in [0.717, 1.165) is 58.6 Å². The molecule has 0 radical (unpaired) electrons. The third kappa shape index (κ3) is 6.59. The average Bonchev–Trinajstić information content (AvgIpc) is 3.12. The molecule has 9 nitrogen and oxygen atoms in total. The summed E-state index contributed by atoms with van der Waals surface area (Å²) in [5, 5.41) is 10.3. The second-order valence-electron chi connectivity index (χ2n) is 8.03. The highest BCUT2D eigenvalue weighted by Crippen LogP contribution is 2.31. The third-order valence-corrected chi connectivity index (χ3v) is 5.82. The number of nitrogens with zero attached hydrogens (tertiary/aromatic N) is 3. The quantitative estimate of drug-likeness (QED) is 0.695. The van der Waals surface area contributed by atoms with E-state index in [2.05, 4.69) is 20.2 Å². The van der Waals surface area contributed by atoms with Crippen molar-refractivity contribution in [3.8, 4) is 0 Å². The van der Waals surface area contributed by atoms with Gasteiger partial charge in [0.15, 0.2) is 0 Å². The van der Waals surface area contributed by atoms with E-state index in [1.165, 1.54) is 6.20 Å². The van der Waals surface area contributed by atoms with Crippen molar-refractivity contribution >= 4 is 11.9 Å². The number of rotatable bonds is 4. The summed E-state index contributed by atoms with van der Waals surface area (Å²) in [6.07, 6.45) is 4.11. The average molecular weight is 460 g/mol. The summed E-state index contributed by atoms with van der Waals surface area (Å²) in [5.74, 6) is -2.24. The largest absolute Gasteiger partial charge is 0.490 e. The zero-order valence-electron chi connectivity index (χ0n) is 17.5. The molecule has 0 unspecified atom stereocenters. The van der Waals surface area contributed by atoms with Crippen LogP contribution < -0.4 is 5.32 Å². The second kappa shape index (κ2) is 11.0. The molecule has 3 saturated heterocycles. The van der Waals surface area contributed by atoms with E-state index < -0.39 is 12.1 Å². The van der Waals surface area contributed by atoms with Gasteiger partial charge in [0.1, 0.15) is 5.69 Å². The summed E-state index contributed by atoms with van der Waals surface area (Å²) in [4.78, 5) is 32.0. The zero-order chi connectivity index (χ0) is 23.1. The number of hydrogen-bond donors (Lipinski definition) is 2. The minimum Gasteiger partial charge on any atom is -0.475 e. The maximum absolute atomic E-state index is 12.5. The van der Waals surface area contributed by atoms with Crippen LogP contribution in [0.4, 0.5) is 13.2 Å². The number of carboxylic acid groups (broad SMARTS) is 1. The molecule has 12 heteroatoms. The smallest absolute Gasteiger partial charge is 0.475 e. The SMILES string of the molecule is O=C(N[C@@H]1CN(CC2CCOCC2)[C@@H]2CCCO[C@@H]21)c1cnccn1.O=C(O)C(F)(F)F. The van der Waals surface area contributed by atoms with E-state index >= 15 is 0 Å². The number of carbonyl (C=O) groups excluding carboxylic acids is 1. The Morgan fingerprint density at radius 2 is 1.91 bits per heavy atom. The lowest BCUT2D eigenvalue weighted by atomic mass is 9.97. The number of alkyl halides is 3. The number of hydrogen-bond acceptors (Lipinski definition) is 7. The van der Waals surface area contributed by atoms with Gasteiger partial charge in [0.2, 0.25) is 0 Å². The summed E-state index contributed by atoms with van der Waals surface area (Å²) in [7, 11) is 0. The summed E-state index contributed by atoms with van der Waals surface area (Å²) < 4.78 is 43.3. The van der Waals surface area contributed by atoms with Crippen molar-refractivity contribution < 1.29 is 37.3 Å². The Hall–Kier alpha value is -2.31. The predicted octanol–water partition coefficient (Wildman–Crippen LogP) is 1.50. The standard InChI is InChI=1S/C18H26N4O3.C2HF3O2/c23-18(14-10-19-5-6-20-14)21-15-12-22(11-13-3-8-24-9-4-13)16-2-1-7-25-17(15)16;3-2(4,5)1(6)7/h5-6,10,13,15-17H,1-4,7-9,11-12H2,(H,21,23);(H,6,7)/t15-,16-,17-;/m1./s1. The van der Waals surface area contributed by atoms with Crippen LogP contribution in [0.25, 0.3) is 0 Å². The van der Waals surface area contributed by atoms with Crippen molar-refractivity contribution in [2.45, 2.75) is 50.0 Å². The Kier molecular flexibility index (Phi) is 8.38. The summed E-state index contributed by atoms with van der Waals surface area (Å²) in [6, 6.07) is 0.420. The topological polar surface area (TPSA) is 114 Å². The van der Waals surface area contributed by atoms with E-state index in [1.54, 1.807) is 12.4 Å². The number of carbonyl (C=O) groups is 2. The van der Waals surface area contributed by atoms with Crippen LogP contribution in [0.2, 0.25) is 0 Å². The molecule has 1 aromatic rings. The second-order valence-corrected chi connectivity index (χ2v) is 8.03. The highest BCUT2D eigenvalue weighted by molar-refractivity contribution is 5.92. The Balaban J connectivity index is 0.000000360. The van der Waals surface area contributed by atoms with Crippen molar-refractivity contribution in [1.82, 2.24) is 20.2 Å². The summed E-state index contributed by atoms with van der Waals surface area (Å²) in [6.45, 7) is 4.44. The number of aliphatic carboxylic acids is 1. The van der Waals surface area contributed by atoms with E-state index in [9.17, 15) is 18.0 Å². The van der Waals surface area contributed by atoms with Crippen LogP contribution in [0.1, 0.15) is 36.2 Å². The van der Waals surface area contributed by atoms with Crippen LogP contribution in [0.15, 0.2) is 18.6 Å². The van der Waals surface area contributed by atoms with Gasteiger partial charge < -0.3 is 19.9 Å². The maximum atomic E-state index is 12.5. The molecule has 3 atom stereocenters. The molecule has 1 amide bonds. The Bertz CT molecular complexity index is 761. The van der Waals surface area contributed by atoms with Crippen LogP contribution >= 0.6 is 0 Å². The van der Waals surface area contributed by atoms with Gasteiger partial charge in [-0.2, -0.15) is 13.2 Å². The molecule has 32 heavy (non-hydrogen) atoms. The first-order valence-electron chi connectivity index (χ1n) is 10.6. The number of aromatic nitrogens is 2. The van der Waals surface area contributed by atoms with Crippen molar-refractivity contribution in [3.63, 3.8) is 0 Å². The van der Waals surface area contributed by atoms with Crippen LogP contribution in [-0.4, -0.2) is 89.1 Å². The lowest BCUT2D eigenvalue weighted by Crippen LogP contribution is -2.47. The van der Waals surface area contributed by atoms with Gasteiger partial charge in [0.05, 0.1) is 18.3 Å². The van der Waals surface area contributed by atoms with E-state index in [1.807, 2.05) is 0 Å². The summed E-state index contributed by atoms with van der Waals surface area (Å²) in [5.41, 5.74) is 0.359. The number of fused-ring (bicyclic) bond motifs is 1. The fraction of sp³-hybridized carbons (Fsp3) is 0.700. The summed E-state index contributed by atoms with van der Waals surface area (Å²) >= 11 is 0. The van der Waals surface area contributed by atoms with Gasteiger partial charge in [-0.25, -0.2) is 9.78 Å². The van der Waals surface area contributed by atoms with E-state index in [0.29, 0.717) is 17.7 Å². The van der Waals surface area contributed by atoms with Gasteiger partial charge in [0, 0.05) is 51.3 Å². The van der Waals surface area contributed by atoms with E-state index in [4.69, 9.17) is 19.4 Å². The molecule has 4 rings (SSSR count). The number of likely N-dealkylation sites (tertiary alicyclic amines) is 1. The van der Waals surface area contributed by atoms with Crippen molar-refractivity contribution in [1.29, 1.82) is 0 Å². The number of carboxylic acids is 1. The molecule has 0 aromatic carbocycles. The lowest BCUT2D eigenvalue weighted by Gasteiger charge is -2.34. The first-order chi connectivity index (χ1) is 15.3. The van der Waals surface area contributed by atoms with Gasteiger partial charge in [-0.3, -0.25) is 14.7 Å². The molecule has 1 aromatic heterocycles. The molecule has 0 aliphatic carbocycles. The van der Waals surface area contributed by atoms with Crippen molar-refractivity contribution in [2.24, 2.45) is 5.92 Å². The molecule has 0 saturated carbocycles. The van der Waals surface area contributed by atoms with Crippen LogP contribution in [0, 0.1) is 5.92 Å². The highest BCUT2D eigenvalue weighted by atomic mass is 19.4. The zero-order valence-corrected chi connectivity index (χ0v) is 17.5. The third-order valence-electron chi connectivity index (χ3n) is 5.82. The Morgan fingerprint density at radius 3 is 2.53 bits per heavy atom. The first kappa shape index (κ1) is 24.3. The number of amides is 1. The Labute approximate surface area is 183 Å². The number of halogens is 3. The van der Waals surface area contributed by atoms with Crippen molar-refractivity contribution in [2.75, 3.05) is 32.9 Å². The van der Waals surface area contributed by atoms with E-state index in [-0.39, 0.29) is 18.1 Å². The molecule has 2 N–H and O–H groups in total. The molecular weight excluding hydrogens is 433 g/mol. The fourth-order valence-corrected chi connectivity index (χ4v) is 4.31. The fourth-order valence-electron chi connectivity index (χ4n) is 4.31. The highest BCUT2D eigenvalue weighted by Gasteiger charge is 2.45. The lowest BCUT2D eigenvalue weighted by molar-refractivity contribution is -0.192. The maximum Gasteiger partial charge on any atom is 0.490 e. The van der Waals surface area contributed by atoms with Gasteiger partial charge in [-0.1, -0.05) is 0 Å². The molecule has 178 valence electrons. The molecule has 0 spiro atoms. The number of nitrogens with one attached hydrogen (secondary N) is 1. The Morgan fingerprint density at radius 1 is 1.19 bits per heavy atom. The van der Waals surface area contributed by atoms with Crippen LogP contribution in [-0.2, 0) is 14.3 Å². The van der Waals surface area contributed by atoms with Crippen molar-refractivity contribution in [3.05, 3.63) is 24.3 Å². The van der Waals surface area contributed by atoms with Gasteiger partial charge in [-0.05, 0) is 31.6 Å². The van der Waals surface area contributed by atoms with Crippen LogP contribution in [0.3, 0.4) is 0 Å².